The smallest absolute Gasteiger partial charge is 0.307 e. The number of unbranched alkanes of at least 4 members (excludes halogenated alkanes) is 1. The zero-order valence-corrected chi connectivity index (χ0v) is 12.3. The lowest BCUT2D eigenvalue weighted by atomic mass is 9.82. The summed E-state index contributed by atoms with van der Waals surface area (Å²) in [6.45, 7) is 5.25. The molecule has 2 N–H and O–H groups in total. The van der Waals surface area contributed by atoms with Crippen LogP contribution in [-0.2, 0) is 14.3 Å². The molecule has 0 saturated heterocycles. The molecule has 0 heterocycles. The van der Waals surface area contributed by atoms with E-state index in [1.54, 1.807) is 0 Å². The van der Waals surface area contributed by atoms with Crippen LogP contribution >= 0.6 is 0 Å². The Morgan fingerprint density at radius 3 is 2.50 bits per heavy atom. The number of carbonyl (C=O) groups is 2. The zero-order valence-electron chi connectivity index (χ0n) is 12.3. The maximum absolute atomic E-state index is 12.0. The number of carboxylic acids is 1. The molecule has 0 aromatic carbocycles. The van der Waals surface area contributed by atoms with Gasteiger partial charge in [-0.3, -0.25) is 9.59 Å². The van der Waals surface area contributed by atoms with Crippen molar-refractivity contribution in [2.75, 3.05) is 13.2 Å². The Morgan fingerprint density at radius 2 is 1.90 bits per heavy atom. The van der Waals surface area contributed by atoms with Gasteiger partial charge in [-0.25, -0.2) is 0 Å². The van der Waals surface area contributed by atoms with Gasteiger partial charge in [-0.2, -0.15) is 0 Å². The molecule has 5 nitrogen and oxygen atoms in total. The van der Waals surface area contributed by atoms with Gasteiger partial charge in [0.1, 0.15) is 0 Å². The Balaban J connectivity index is 2.24. The normalized spacial score (nSPS) is 21.9. The van der Waals surface area contributed by atoms with Gasteiger partial charge in [0.2, 0.25) is 5.91 Å². The van der Waals surface area contributed by atoms with Gasteiger partial charge in [-0.05, 0) is 39.5 Å². The van der Waals surface area contributed by atoms with Gasteiger partial charge in [0, 0.05) is 13.2 Å². The molecule has 1 amide bonds. The molecular formula is C15H25NO4. The highest BCUT2D eigenvalue weighted by Gasteiger charge is 2.33. The van der Waals surface area contributed by atoms with E-state index in [0.717, 1.165) is 12.8 Å². The molecule has 0 aromatic heterocycles. The average Bonchev–Trinajstić information content (AvgIpc) is 2.42. The SMILES string of the molecule is CC(C)OCCCCNC(=O)C1CC=CCC1C(=O)O. The Labute approximate surface area is 120 Å². The summed E-state index contributed by atoms with van der Waals surface area (Å²) in [4.78, 5) is 23.1. The fraction of sp³-hybridized carbons (Fsp3) is 0.733. The molecule has 1 rings (SSSR count). The van der Waals surface area contributed by atoms with E-state index in [0.29, 0.717) is 26.0 Å². The number of allylic oxidation sites excluding steroid dienone is 2. The summed E-state index contributed by atoms with van der Waals surface area (Å²) in [7, 11) is 0. The molecule has 0 spiro atoms. The van der Waals surface area contributed by atoms with Crippen LogP contribution in [0.15, 0.2) is 12.2 Å². The van der Waals surface area contributed by atoms with Gasteiger partial charge in [0.15, 0.2) is 0 Å². The van der Waals surface area contributed by atoms with E-state index in [-0.39, 0.29) is 12.0 Å². The fourth-order valence-electron chi connectivity index (χ4n) is 2.27. The van der Waals surface area contributed by atoms with Gasteiger partial charge in [-0.1, -0.05) is 12.2 Å². The van der Waals surface area contributed by atoms with E-state index >= 15 is 0 Å². The van der Waals surface area contributed by atoms with Crippen LogP contribution in [0.3, 0.4) is 0 Å². The second-order valence-electron chi connectivity index (χ2n) is 5.41. The van der Waals surface area contributed by atoms with Crippen molar-refractivity contribution in [2.24, 2.45) is 11.8 Å². The maximum atomic E-state index is 12.0. The van der Waals surface area contributed by atoms with Crippen LogP contribution in [0.1, 0.15) is 39.5 Å². The van der Waals surface area contributed by atoms with Gasteiger partial charge in [0.25, 0.3) is 0 Å². The van der Waals surface area contributed by atoms with Crippen LogP contribution < -0.4 is 5.32 Å². The van der Waals surface area contributed by atoms with Crippen molar-refractivity contribution in [2.45, 2.75) is 45.6 Å². The first-order chi connectivity index (χ1) is 9.52. The van der Waals surface area contributed by atoms with E-state index in [9.17, 15) is 9.59 Å². The average molecular weight is 283 g/mol. The topological polar surface area (TPSA) is 75.6 Å². The molecule has 0 saturated carbocycles. The molecule has 2 atom stereocenters. The summed E-state index contributed by atoms with van der Waals surface area (Å²) in [6, 6.07) is 0. The molecule has 20 heavy (non-hydrogen) atoms. The molecule has 0 aromatic rings. The maximum Gasteiger partial charge on any atom is 0.307 e. The van der Waals surface area contributed by atoms with Crippen LogP contribution in [0.25, 0.3) is 0 Å². The predicted molar refractivity (Wildman–Crippen MR) is 76.3 cm³/mol. The van der Waals surface area contributed by atoms with Crippen molar-refractivity contribution < 1.29 is 19.4 Å². The summed E-state index contributed by atoms with van der Waals surface area (Å²) in [5.74, 6) is -2.07. The molecule has 0 aliphatic heterocycles. The van der Waals surface area contributed by atoms with Crippen molar-refractivity contribution in [1.82, 2.24) is 5.32 Å². The summed E-state index contributed by atoms with van der Waals surface area (Å²) >= 11 is 0. The molecular weight excluding hydrogens is 258 g/mol. The Bertz CT molecular complexity index is 352. The predicted octanol–water partition coefficient (Wildman–Crippen LogP) is 1.97. The summed E-state index contributed by atoms with van der Waals surface area (Å²) in [5.41, 5.74) is 0. The van der Waals surface area contributed by atoms with E-state index in [1.165, 1.54) is 0 Å². The number of nitrogens with one attached hydrogen (secondary N) is 1. The molecule has 0 radical (unpaired) electrons. The summed E-state index contributed by atoms with van der Waals surface area (Å²) in [5, 5.41) is 12.0. The largest absolute Gasteiger partial charge is 0.481 e. The Kier molecular flexibility index (Phi) is 7.30. The minimum absolute atomic E-state index is 0.147. The standard InChI is InChI=1S/C15H25NO4/c1-11(2)20-10-6-5-9-16-14(17)12-7-3-4-8-13(12)15(18)19/h3-4,11-13H,5-10H2,1-2H3,(H,16,17)(H,18,19). The van der Waals surface area contributed by atoms with E-state index < -0.39 is 17.8 Å². The molecule has 114 valence electrons. The molecule has 2 unspecified atom stereocenters. The minimum Gasteiger partial charge on any atom is -0.481 e. The van der Waals surface area contributed by atoms with Crippen molar-refractivity contribution in [3.63, 3.8) is 0 Å². The number of aliphatic carboxylic acids is 1. The Morgan fingerprint density at radius 1 is 1.25 bits per heavy atom. The first-order valence-corrected chi connectivity index (χ1v) is 7.29. The molecule has 1 aliphatic carbocycles. The number of hydrogen-bond donors (Lipinski definition) is 2. The molecule has 0 bridgehead atoms. The highest BCUT2D eigenvalue weighted by atomic mass is 16.5. The molecule has 1 aliphatic rings. The zero-order chi connectivity index (χ0) is 15.0. The van der Waals surface area contributed by atoms with Crippen LogP contribution in [-0.4, -0.2) is 36.2 Å². The lowest BCUT2D eigenvalue weighted by molar-refractivity contribution is -0.147. The van der Waals surface area contributed by atoms with Gasteiger partial charge in [0.05, 0.1) is 17.9 Å². The third-order valence-electron chi connectivity index (χ3n) is 3.41. The number of carbonyl (C=O) groups excluding carboxylic acids is 1. The monoisotopic (exact) mass is 283 g/mol. The van der Waals surface area contributed by atoms with E-state index in [4.69, 9.17) is 9.84 Å². The first-order valence-electron chi connectivity index (χ1n) is 7.29. The third kappa shape index (κ3) is 5.74. The first kappa shape index (κ1) is 16.7. The molecule has 0 fully saturated rings. The molecule has 5 heteroatoms. The van der Waals surface area contributed by atoms with Crippen LogP contribution in [0.4, 0.5) is 0 Å². The lowest BCUT2D eigenvalue weighted by Crippen LogP contribution is -2.39. The number of carboxylic acid groups (broad SMARTS) is 1. The van der Waals surface area contributed by atoms with Crippen molar-refractivity contribution in [3.8, 4) is 0 Å². The van der Waals surface area contributed by atoms with Crippen LogP contribution in [0, 0.1) is 11.8 Å². The van der Waals surface area contributed by atoms with Gasteiger partial charge < -0.3 is 15.2 Å². The lowest BCUT2D eigenvalue weighted by Gasteiger charge is -2.24. The third-order valence-corrected chi connectivity index (χ3v) is 3.41. The van der Waals surface area contributed by atoms with Gasteiger partial charge in [-0.15, -0.1) is 0 Å². The number of ether oxygens (including phenoxy) is 1. The summed E-state index contributed by atoms with van der Waals surface area (Å²) < 4.78 is 5.41. The second kappa shape index (κ2) is 8.74. The second-order valence-corrected chi connectivity index (χ2v) is 5.41. The Hall–Kier alpha value is -1.36. The van der Waals surface area contributed by atoms with E-state index in [1.807, 2.05) is 26.0 Å². The van der Waals surface area contributed by atoms with E-state index in [2.05, 4.69) is 5.32 Å². The van der Waals surface area contributed by atoms with Crippen molar-refractivity contribution in [1.29, 1.82) is 0 Å². The van der Waals surface area contributed by atoms with Crippen molar-refractivity contribution >= 4 is 11.9 Å². The fourth-order valence-corrected chi connectivity index (χ4v) is 2.27. The van der Waals surface area contributed by atoms with Gasteiger partial charge >= 0.3 is 5.97 Å². The van der Waals surface area contributed by atoms with Crippen LogP contribution in [0.5, 0.6) is 0 Å². The minimum atomic E-state index is -0.889. The van der Waals surface area contributed by atoms with Crippen molar-refractivity contribution in [3.05, 3.63) is 12.2 Å². The number of hydrogen-bond acceptors (Lipinski definition) is 3. The number of amides is 1. The summed E-state index contributed by atoms with van der Waals surface area (Å²) in [6.07, 6.45) is 6.65. The quantitative estimate of drug-likeness (QED) is 0.527. The van der Waals surface area contributed by atoms with Crippen LogP contribution in [0.2, 0.25) is 0 Å². The highest BCUT2D eigenvalue weighted by molar-refractivity contribution is 5.85. The number of rotatable bonds is 8. The highest BCUT2D eigenvalue weighted by Crippen LogP contribution is 2.25.